The number of Topliss-reactive ketones (excluding diaryl/α,β-unsaturated/α-hetero) is 1. The molecule has 0 aromatic heterocycles. The zero-order valence-electron chi connectivity index (χ0n) is 31.1. The van der Waals surface area contributed by atoms with Crippen LogP contribution in [0.15, 0.2) is 36.5 Å². The lowest BCUT2D eigenvalue weighted by atomic mass is 9.81. The van der Waals surface area contributed by atoms with Crippen molar-refractivity contribution in [1.29, 1.82) is 0 Å². The molecule has 0 radical (unpaired) electrons. The molecule has 13 nitrogen and oxygen atoms in total. The van der Waals surface area contributed by atoms with Crippen molar-refractivity contribution in [1.82, 2.24) is 0 Å². The van der Waals surface area contributed by atoms with Crippen LogP contribution in [0, 0.1) is 11.8 Å². The van der Waals surface area contributed by atoms with Crippen LogP contribution in [-0.2, 0) is 38.0 Å². The normalized spacial score (nSPS) is 46.0. The summed E-state index contributed by atoms with van der Waals surface area (Å²) in [7, 11) is 1.56. The third-order valence-corrected chi connectivity index (χ3v) is 12.4. The van der Waals surface area contributed by atoms with Crippen LogP contribution in [-0.4, -0.2) is 142 Å². The number of methoxy groups -OCH3 is 1. The maximum atomic E-state index is 13.8. The van der Waals surface area contributed by atoms with Gasteiger partial charge in [-0.25, -0.2) is 0 Å². The average Bonchev–Trinajstić information content (AvgIpc) is 3.65. The number of rotatable bonds is 4. The number of ether oxygens (including phenoxy) is 6. The highest BCUT2D eigenvalue weighted by molar-refractivity contribution is 5.89. The van der Waals surface area contributed by atoms with Crippen LogP contribution in [0.25, 0.3) is 0 Å². The van der Waals surface area contributed by atoms with Gasteiger partial charge in [-0.15, -0.1) is 0 Å². The molecule has 53 heavy (non-hydrogen) atoms. The summed E-state index contributed by atoms with van der Waals surface area (Å²) in [6, 6.07) is 0. The monoisotopic (exact) mass is 748 g/mol. The molecular weight excluding hydrogens is 688 g/mol. The van der Waals surface area contributed by atoms with E-state index in [0.29, 0.717) is 32.1 Å². The number of fused-ring (bicyclic) bond motifs is 2. The lowest BCUT2D eigenvalue weighted by Gasteiger charge is -2.47. The van der Waals surface area contributed by atoms with Crippen LogP contribution in [0.3, 0.4) is 0 Å². The molecule has 8 rings (SSSR count). The molecule has 8 aliphatic heterocycles. The van der Waals surface area contributed by atoms with Gasteiger partial charge in [0.25, 0.3) is 0 Å². The first kappa shape index (κ1) is 40.8. The first-order valence-corrected chi connectivity index (χ1v) is 19.6. The highest BCUT2D eigenvalue weighted by Gasteiger charge is 2.51. The minimum atomic E-state index is -1.49. The second-order valence-electron chi connectivity index (χ2n) is 16.3. The molecule has 0 saturated carbocycles. The molecule has 5 N–H and O–H groups in total. The van der Waals surface area contributed by atoms with E-state index in [0.717, 1.165) is 30.4 Å². The SMILES string of the molecule is C=C1C(C)CC2CC[C@@H]3OC(CCC(=O)/C=C/C(O)C4O[C@H]5CC[C@H](CC(=O)CC6[C@H](CC1O2)O[C@H](CC(O)CO)[C@@H]6OC)OC5[C@H](O)[C@@H]4O)CC3=C. The van der Waals surface area contributed by atoms with Crippen molar-refractivity contribution >= 4 is 11.6 Å². The first-order valence-electron chi connectivity index (χ1n) is 19.6. The Kier molecular flexibility index (Phi) is 13.8. The fourth-order valence-electron chi connectivity index (χ4n) is 9.39. The zero-order chi connectivity index (χ0) is 38.0. The summed E-state index contributed by atoms with van der Waals surface area (Å²) in [6.07, 6.45) is -2.76. The van der Waals surface area contributed by atoms with Gasteiger partial charge in [0.1, 0.15) is 36.3 Å². The van der Waals surface area contributed by atoms with Gasteiger partial charge < -0.3 is 54.0 Å². The van der Waals surface area contributed by atoms with Crippen LogP contribution in [0.4, 0.5) is 0 Å². The summed E-state index contributed by atoms with van der Waals surface area (Å²) in [5, 5.41) is 52.9. The molecular formula is C40H60O13. The van der Waals surface area contributed by atoms with Gasteiger partial charge in [0.15, 0.2) is 5.78 Å². The van der Waals surface area contributed by atoms with Gasteiger partial charge in [-0.1, -0.05) is 20.1 Å². The van der Waals surface area contributed by atoms with Crippen molar-refractivity contribution in [2.75, 3.05) is 13.7 Å². The summed E-state index contributed by atoms with van der Waals surface area (Å²) >= 11 is 0. The van der Waals surface area contributed by atoms with E-state index in [-0.39, 0.29) is 73.5 Å². The second kappa shape index (κ2) is 17.9. The van der Waals surface area contributed by atoms with Crippen LogP contribution >= 0.6 is 0 Å². The predicted octanol–water partition coefficient (Wildman–Crippen LogP) is 2.03. The third-order valence-electron chi connectivity index (χ3n) is 12.4. The van der Waals surface area contributed by atoms with Crippen LogP contribution in [0.1, 0.15) is 84.0 Å². The quantitative estimate of drug-likeness (QED) is 0.263. The van der Waals surface area contributed by atoms with Gasteiger partial charge in [0, 0.05) is 45.1 Å². The molecule has 9 unspecified atom stereocenters. The highest BCUT2D eigenvalue weighted by atomic mass is 16.6. The lowest BCUT2D eigenvalue weighted by molar-refractivity contribution is -0.273. The summed E-state index contributed by atoms with van der Waals surface area (Å²) in [4.78, 5) is 26.6. The molecule has 0 amide bonds. The maximum absolute atomic E-state index is 13.8. The van der Waals surface area contributed by atoms with Crippen molar-refractivity contribution < 1.29 is 63.5 Å². The first-order chi connectivity index (χ1) is 25.3. The van der Waals surface area contributed by atoms with Crippen molar-refractivity contribution in [3.05, 3.63) is 36.5 Å². The minimum absolute atomic E-state index is 0.0557. The number of carbonyl (C=O) groups excluding carboxylic acids is 2. The van der Waals surface area contributed by atoms with Gasteiger partial charge >= 0.3 is 0 Å². The van der Waals surface area contributed by atoms with Gasteiger partial charge in [-0.3, -0.25) is 9.59 Å². The number of ketones is 2. The molecule has 298 valence electrons. The van der Waals surface area contributed by atoms with Gasteiger partial charge in [0.05, 0.1) is 67.6 Å². The molecule has 8 heterocycles. The Morgan fingerprint density at radius 2 is 1.55 bits per heavy atom. The molecule has 8 bridgehead atoms. The highest BCUT2D eigenvalue weighted by Crippen LogP contribution is 2.42. The number of hydrogen-bond donors (Lipinski definition) is 5. The Hall–Kier alpha value is -1.88. The molecule has 5 saturated heterocycles. The number of allylic oxidation sites excluding steroid dienone is 1. The van der Waals surface area contributed by atoms with Crippen LogP contribution < -0.4 is 0 Å². The van der Waals surface area contributed by atoms with Crippen LogP contribution in [0.5, 0.6) is 0 Å². The maximum Gasteiger partial charge on any atom is 0.155 e. The topological polar surface area (TPSA) is 191 Å². The third kappa shape index (κ3) is 9.57. The lowest BCUT2D eigenvalue weighted by Crippen LogP contribution is -2.63. The van der Waals surface area contributed by atoms with E-state index in [1.54, 1.807) is 7.11 Å². The van der Waals surface area contributed by atoms with Crippen molar-refractivity contribution in [3.8, 4) is 0 Å². The van der Waals surface area contributed by atoms with E-state index in [2.05, 4.69) is 20.1 Å². The zero-order valence-corrected chi connectivity index (χ0v) is 31.1. The van der Waals surface area contributed by atoms with E-state index in [4.69, 9.17) is 28.4 Å². The molecule has 0 spiro atoms. The Morgan fingerprint density at radius 3 is 2.30 bits per heavy atom. The molecule has 0 aromatic carbocycles. The van der Waals surface area contributed by atoms with E-state index in [1.165, 1.54) is 12.2 Å². The van der Waals surface area contributed by atoms with Crippen molar-refractivity contribution in [2.24, 2.45) is 11.8 Å². The number of aliphatic hydroxyl groups is 5. The molecule has 5 fully saturated rings. The second-order valence-corrected chi connectivity index (χ2v) is 16.3. The van der Waals surface area contributed by atoms with Gasteiger partial charge in [-0.2, -0.15) is 0 Å². The van der Waals surface area contributed by atoms with Gasteiger partial charge in [0.2, 0.25) is 0 Å². The van der Waals surface area contributed by atoms with Crippen molar-refractivity contribution in [2.45, 2.75) is 176 Å². The van der Waals surface area contributed by atoms with Crippen LogP contribution in [0.2, 0.25) is 0 Å². The Balaban J connectivity index is 1.23. The predicted molar refractivity (Wildman–Crippen MR) is 191 cm³/mol. The smallest absolute Gasteiger partial charge is 0.155 e. The van der Waals surface area contributed by atoms with Crippen molar-refractivity contribution in [3.63, 3.8) is 0 Å². The summed E-state index contributed by atoms with van der Waals surface area (Å²) in [5.74, 6) is -0.461. The Morgan fingerprint density at radius 1 is 0.830 bits per heavy atom. The van der Waals surface area contributed by atoms with Gasteiger partial charge in [-0.05, 0) is 74.2 Å². The van der Waals surface area contributed by atoms with E-state index < -0.39 is 73.8 Å². The Bertz CT molecular complexity index is 1330. The number of hydrogen-bond acceptors (Lipinski definition) is 13. The van der Waals surface area contributed by atoms with E-state index in [9.17, 15) is 35.1 Å². The fraction of sp³-hybridized carbons (Fsp3) is 0.800. The fourth-order valence-corrected chi connectivity index (χ4v) is 9.39. The molecule has 8 aliphatic rings. The molecule has 13 heteroatoms. The van der Waals surface area contributed by atoms with E-state index in [1.807, 2.05) is 0 Å². The largest absolute Gasteiger partial charge is 0.394 e. The summed E-state index contributed by atoms with van der Waals surface area (Å²) < 4.78 is 37.7. The molecule has 0 aromatic rings. The summed E-state index contributed by atoms with van der Waals surface area (Å²) in [5.41, 5.74) is 1.95. The Labute approximate surface area is 312 Å². The standard InChI is InChI=1S/C40H60O13/c1-20-13-27-8-11-31-21(2)14-26(49-31)7-5-23(42)6-10-30(45)39-36(46)37(47)40-32(53-39)12-9-28(51-40)15-24(43)16-29-34(18-33(50-27)22(20)3)52-35(38(29)48-4)17-25(44)19-41/h6,10,20,25-41,44-47H,2-3,5,7-9,11-19H2,1,4H3/b10-6+/t20?,25?,26?,27?,28-,29?,30?,31+,32+,33?,34+,35-,36+,37-,38-,39?,40?/m1/s1. The minimum Gasteiger partial charge on any atom is -0.394 e. The molecule has 0 aliphatic carbocycles. The summed E-state index contributed by atoms with van der Waals surface area (Å²) in [6.45, 7) is 10.4. The molecule has 17 atom stereocenters. The number of aliphatic hydroxyl groups excluding tert-OH is 5. The number of carbonyl (C=O) groups is 2. The average molecular weight is 749 g/mol. The van der Waals surface area contributed by atoms with E-state index >= 15 is 0 Å².